The molecule has 0 spiro atoms. The summed E-state index contributed by atoms with van der Waals surface area (Å²) in [4.78, 5) is 20.6. The number of nitrogens with zero attached hydrogens (tertiary/aromatic N) is 4. The first kappa shape index (κ1) is 19.6. The molecule has 0 radical (unpaired) electrons. The van der Waals surface area contributed by atoms with Crippen molar-refractivity contribution in [2.24, 2.45) is 7.05 Å². The second-order valence-electron chi connectivity index (χ2n) is 7.65. The van der Waals surface area contributed by atoms with Crippen LogP contribution in [0.1, 0.15) is 28.9 Å². The molecule has 0 saturated carbocycles. The number of aryl methyl sites for hydroxylation is 4. The Bertz CT molecular complexity index is 766. The number of H-pyrrole nitrogens is 1. The molecule has 3 heterocycles. The average Bonchev–Trinajstić information content (AvgIpc) is 3.17. The molecule has 3 rings (SSSR count). The molecular formula is C20H31N5O2. The lowest BCUT2D eigenvalue weighted by molar-refractivity contribution is -0.135. The number of hydrogen-bond acceptors (Lipinski definition) is 4. The number of morpholine rings is 1. The first-order chi connectivity index (χ1) is 12.9. The summed E-state index contributed by atoms with van der Waals surface area (Å²) in [7, 11) is 4.00. The molecule has 1 aliphatic heterocycles. The number of carbonyl (C=O) groups is 1. The van der Waals surface area contributed by atoms with Crippen molar-refractivity contribution in [2.45, 2.75) is 39.3 Å². The Morgan fingerprint density at radius 2 is 2.22 bits per heavy atom. The van der Waals surface area contributed by atoms with Crippen LogP contribution >= 0.6 is 0 Å². The maximum Gasteiger partial charge on any atom is 0.223 e. The van der Waals surface area contributed by atoms with Crippen LogP contribution in [0.15, 0.2) is 18.5 Å². The van der Waals surface area contributed by atoms with Crippen LogP contribution in [0.25, 0.3) is 0 Å². The van der Waals surface area contributed by atoms with Gasteiger partial charge in [0.25, 0.3) is 0 Å². The Morgan fingerprint density at radius 3 is 2.85 bits per heavy atom. The van der Waals surface area contributed by atoms with Crippen molar-refractivity contribution < 1.29 is 9.53 Å². The Balaban J connectivity index is 1.67. The van der Waals surface area contributed by atoms with E-state index in [1.807, 2.05) is 31.3 Å². The van der Waals surface area contributed by atoms with Gasteiger partial charge >= 0.3 is 0 Å². The number of rotatable bonds is 7. The van der Waals surface area contributed by atoms with Gasteiger partial charge in [0.2, 0.25) is 5.91 Å². The fourth-order valence-corrected chi connectivity index (χ4v) is 3.64. The van der Waals surface area contributed by atoms with Crippen LogP contribution in [0.4, 0.5) is 0 Å². The van der Waals surface area contributed by atoms with Crippen LogP contribution < -0.4 is 0 Å². The molecule has 1 aliphatic rings. The number of nitrogens with one attached hydrogen (secondary N) is 1. The first-order valence-corrected chi connectivity index (χ1v) is 9.61. The van der Waals surface area contributed by atoms with E-state index in [9.17, 15) is 4.79 Å². The summed E-state index contributed by atoms with van der Waals surface area (Å²) in [5.41, 5.74) is 4.51. The zero-order valence-electron chi connectivity index (χ0n) is 16.9. The van der Waals surface area contributed by atoms with E-state index in [0.29, 0.717) is 25.9 Å². The minimum atomic E-state index is 0.0615. The van der Waals surface area contributed by atoms with E-state index in [1.54, 1.807) is 4.68 Å². The largest absolute Gasteiger partial charge is 0.374 e. The summed E-state index contributed by atoms with van der Waals surface area (Å²) in [6.07, 6.45) is 5.05. The highest BCUT2D eigenvalue weighted by atomic mass is 16.5. The minimum absolute atomic E-state index is 0.0615. The van der Waals surface area contributed by atoms with Crippen molar-refractivity contribution in [3.63, 3.8) is 0 Å². The Labute approximate surface area is 161 Å². The highest BCUT2D eigenvalue weighted by Gasteiger charge is 2.24. The summed E-state index contributed by atoms with van der Waals surface area (Å²) in [5, 5.41) is 4.19. The molecule has 0 unspecified atom stereocenters. The first-order valence-electron chi connectivity index (χ1n) is 9.61. The quantitative estimate of drug-likeness (QED) is 0.802. The monoisotopic (exact) mass is 373 g/mol. The predicted octanol–water partition coefficient (Wildman–Crippen LogP) is 1.66. The van der Waals surface area contributed by atoms with Crippen LogP contribution in [0, 0.1) is 13.8 Å². The molecule has 0 aromatic carbocycles. The fraction of sp³-hybridized carbons (Fsp3) is 0.600. The van der Waals surface area contributed by atoms with E-state index in [2.05, 4.69) is 35.0 Å². The van der Waals surface area contributed by atoms with Crippen LogP contribution in [0.3, 0.4) is 0 Å². The average molecular weight is 374 g/mol. The van der Waals surface area contributed by atoms with Gasteiger partial charge in [-0.15, -0.1) is 0 Å². The normalized spacial score (nSPS) is 18.0. The highest BCUT2D eigenvalue weighted by Crippen LogP contribution is 2.16. The smallest absolute Gasteiger partial charge is 0.223 e. The molecule has 2 aromatic heterocycles. The third-order valence-corrected chi connectivity index (χ3v) is 5.12. The second-order valence-corrected chi connectivity index (χ2v) is 7.65. The minimum Gasteiger partial charge on any atom is -0.374 e. The molecule has 0 aliphatic carbocycles. The Morgan fingerprint density at radius 1 is 1.41 bits per heavy atom. The molecule has 1 fully saturated rings. The third kappa shape index (κ3) is 5.43. The summed E-state index contributed by atoms with van der Waals surface area (Å²) < 4.78 is 7.68. The molecule has 7 heteroatoms. The molecule has 1 saturated heterocycles. The molecule has 7 nitrogen and oxygen atoms in total. The highest BCUT2D eigenvalue weighted by molar-refractivity contribution is 5.76. The second kappa shape index (κ2) is 8.71. The summed E-state index contributed by atoms with van der Waals surface area (Å²) in [5.74, 6) is 0.161. The summed E-state index contributed by atoms with van der Waals surface area (Å²) in [6.45, 7) is 7.88. The molecule has 148 valence electrons. The maximum absolute atomic E-state index is 13.0. The van der Waals surface area contributed by atoms with Gasteiger partial charge in [0.15, 0.2) is 0 Å². The van der Waals surface area contributed by atoms with Gasteiger partial charge in [-0.1, -0.05) is 0 Å². The standard InChI is InChI=1S/C20H31N5O2/c1-15-9-18(16(2)22-15)12-25(14-19-13-23(3)7-8-27-19)20(26)6-5-17-10-21-24(4)11-17/h9-11,19,22H,5-8,12-14H2,1-4H3/t19-/m0/s1. The number of likely N-dealkylation sites (N-methyl/N-ethyl adjacent to an activating group) is 1. The number of carbonyl (C=O) groups excluding carboxylic acids is 1. The van der Waals surface area contributed by atoms with E-state index in [0.717, 1.165) is 36.6 Å². The van der Waals surface area contributed by atoms with Crippen LogP contribution in [0.2, 0.25) is 0 Å². The van der Waals surface area contributed by atoms with E-state index in [1.165, 1.54) is 5.56 Å². The van der Waals surface area contributed by atoms with Gasteiger partial charge in [0, 0.05) is 57.2 Å². The van der Waals surface area contributed by atoms with E-state index in [4.69, 9.17) is 4.74 Å². The molecular weight excluding hydrogens is 342 g/mol. The Kier molecular flexibility index (Phi) is 6.34. The van der Waals surface area contributed by atoms with Gasteiger partial charge in [0.1, 0.15) is 0 Å². The van der Waals surface area contributed by atoms with Gasteiger partial charge < -0.3 is 19.5 Å². The maximum atomic E-state index is 13.0. The Hall–Kier alpha value is -2.12. The van der Waals surface area contributed by atoms with E-state index >= 15 is 0 Å². The molecule has 1 amide bonds. The summed E-state index contributed by atoms with van der Waals surface area (Å²) in [6, 6.07) is 2.13. The van der Waals surface area contributed by atoms with Gasteiger partial charge in [-0.3, -0.25) is 9.48 Å². The van der Waals surface area contributed by atoms with Crippen molar-refractivity contribution in [1.29, 1.82) is 0 Å². The fourth-order valence-electron chi connectivity index (χ4n) is 3.64. The van der Waals surface area contributed by atoms with Crippen molar-refractivity contribution in [1.82, 2.24) is 24.6 Å². The number of aromatic amines is 1. The van der Waals surface area contributed by atoms with Gasteiger partial charge in [-0.25, -0.2) is 0 Å². The molecule has 0 bridgehead atoms. The van der Waals surface area contributed by atoms with Gasteiger partial charge in [-0.05, 0) is 44.5 Å². The van der Waals surface area contributed by atoms with Crippen LogP contribution in [-0.4, -0.2) is 69.9 Å². The van der Waals surface area contributed by atoms with E-state index in [-0.39, 0.29) is 12.0 Å². The molecule has 1 N–H and O–H groups in total. The number of ether oxygens (including phenoxy) is 1. The van der Waals surface area contributed by atoms with Crippen molar-refractivity contribution in [2.75, 3.05) is 33.3 Å². The van der Waals surface area contributed by atoms with Gasteiger partial charge in [-0.2, -0.15) is 5.10 Å². The molecule has 1 atom stereocenters. The van der Waals surface area contributed by atoms with Gasteiger partial charge in [0.05, 0.1) is 18.9 Å². The lowest BCUT2D eigenvalue weighted by atomic mass is 10.1. The number of hydrogen-bond donors (Lipinski definition) is 1. The summed E-state index contributed by atoms with van der Waals surface area (Å²) >= 11 is 0. The van der Waals surface area contributed by atoms with Crippen molar-refractivity contribution >= 4 is 5.91 Å². The van der Waals surface area contributed by atoms with Crippen molar-refractivity contribution in [3.05, 3.63) is 41.0 Å². The van der Waals surface area contributed by atoms with Crippen LogP contribution in [0.5, 0.6) is 0 Å². The molecule has 27 heavy (non-hydrogen) atoms. The zero-order chi connectivity index (χ0) is 19.4. The van der Waals surface area contributed by atoms with Crippen molar-refractivity contribution in [3.8, 4) is 0 Å². The lowest BCUT2D eigenvalue weighted by Gasteiger charge is -2.34. The van der Waals surface area contributed by atoms with E-state index < -0.39 is 0 Å². The van der Waals surface area contributed by atoms with Crippen LogP contribution in [-0.2, 0) is 29.5 Å². The predicted molar refractivity (Wildman–Crippen MR) is 104 cm³/mol. The zero-order valence-corrected chi connectivity index (χ0v) is 16.9. The number of aromatic nitrogens is 3. The lowest BCUT2D eigenvalue weighted by Crippen LogP contribution is -2.47. The SMILES string of the molecule is Cc1cc(CN(C[C@@H]2CN(C)CCO2)C(=O)CCc2cnn(C)c2)c(C)[nH]1. The number of amides is 1. The topological polar surface area (TPSA) is 66.4 Å². The third-order valence-electron chi connectivity index (χ3n) is 5.12. The molecule has 2 aromatic rings.